The molecular weight excluding hydrogens is 285 g/mol. The summed E-state index contributed by atoms with van der Waals surface area (Å²) in [5, 5.41) is 0. The third kappa shape index (κ3) is 3.48. The number of halogens is 3. The molecule has 0 heterocycles. The van der Waals surface area contributed by atoms with Crippen molar-refractivity contribution >= 4 is 0 Å². The first-order valence-corrected chi connectivity index (χ1v) is 9.50. The fourth-order valence-electron chi connectivity index (χ4n) is 5.67. The van der Waals surface area contributed by atoms with Gasteiger partial charge < -0.3 is 0 Å². The van der Waals surface area contributed by atoms with Gasteiger partial charge in [0.15, 0.2) is 6.17 Å². The highest BCUT2D eigenvalue weighted by molar-refractivity contribution is 4.93. The van der Waals surface area contributed by atoms with Gasteiger partial charge in [-0.2, -0.15) is 0 Å². The van der Waals surface area contributed by atoms with Gasteiger partial charge in [0.05, 0.1) is 0 Å². The van der Waals surface area contributed by atoms with Gasteiger partial charge >= 0.3 is 0 Å². The predicted octanol–water partition coefficient (Wildman–Crippen LogP) is 6.04. The highest BCUT2D eigenvalue weighted by Crippen LogP contribution is 2.49. The summed E-state index contributed by atoms with van der Waals surface area (Å²) >= 11 is 0. The van der Waals surface area contributed by atoms with Gasteiger partial charge in [0.2, 0.25) is 0 Å². The number of rotatable bonds is 3. The second kappa shape index (κ2) is 7.13. The number of hydrogen-bond acceptors (Lipinski definition) is 0. The average Bonchev–Trinajstić information content (AvgIpc) is 2.52. The van der Waals surface area contributed by atoms with Crippen molar-refractivity contribution in [2.75, 3.05) is 0 Å². The fourth-order valence-corrected chi connectivity index (χ4v) is 5.67. The molecule has 3 aliphatic carbocycles. The van der Waals surface area contributed by atoms with Crippen LogP contribution in [0.1, 0.15) is 71.1 Å². The second-order valence-electron chi connectivity index (χ2n) is 8.27. The van der Waals surface area contributed by atoms with Crippen LogP contribution in [0.3, 0.4) is 0 Å². The van der Waals surface area contributed by atoms with E-state index < -0.39 is 18.5 Å². The first kappa shape index (κ1) is 16.6. The van der Waals surface area contributed by atoms with E-state index in [2.05, 4.69) is 6.92 Å². The van der Waals surface area contributed by atoms with Crippen LogP contribution in [0.25, 0.3) is 0 Å². The molecule has 0 aromatic rings. The van der Waals surface area contributed by atoms with Gasteiger partial charge in [-0.1, -0.05) is 26.2 Å². The van der Waals surface area contributed by atoms with E-state index in [0.717, 1.165) is 30.6 Å². The predicted molar refractivity (Wildman–Crippen MR) is 84.0 cm³/mol. The van der Waals surface area contributed by atoms with Crippen LogP contribution in [0, 0.1) is 29.6 Å². The largest absolute Gasteiger partial charge is 0.244 e. The van der Waals surface area contributed by atoms with Crippen molar-refractivity contribution in [1.29, 1.82) is 0 Å². The molecule has 3 aliphatic rings. The summed E-state index contributed by atoms with van der Waals surface area (Å²) in [6, 6.07) is 0. The van der Waals surface area contributed by atoms with Crippen LogP contribution in [0.4, 0.5) is 13.2 Å². The lowest BCUT2D eigenvalue weighted by molar-refractivity contribution is -0.0163. The molecule has 0 N–H and O–H groups in total. The van der Waals surface area contributed by atoms with Gasteiger partial charge in [-0.05, 0) is 74.5 Å². The van der Waals surface area contributed by atoms with Crippen LogP contribution < -0.4 is 0 Å². The molecule has 3 fully saturated rings. The highest BCUT2D eigenvalue weighted by atomic mass is 19.2. The molecule has 0 bridgehead atoms. The number of alkyl halides is 3. The maximum Gasteiger partial charge on any atom is 0.162 e. The molecule has 0 aliphatic heterocycles. The monoisotopic (exact) mass is 316 g/mol. The van der Waals surface area contributed by atoms with Gasteiger partial charge in [0.25, 0.3) is 0 Å². The third-order valence-electron chi connectivity index (χ3n) is 6.87. The average molecular weight is 316 g/mol. The summed E-state index contributed by atoms with van der Waals surface area (Å²) in [6.07, 6.45) is 5.64. The Labute approximate surface area is 133 Å². The minimum Gasteiger partial charge on any atom is -0.244 e. The Kier molecular flexibility index (Phi) is 5.39. The van der Waals surface area contributed by atoms with E-state index in [1.54, 1.807) is 0 Å². The summed E-state index contributed by atoms with van der Waals surface area (Å²) < 4.78 is 40.7. The van der Waals surface area contributed by atoms with Crippen molar-refractivity contribution in [2.24, 2.45) is 29.6 Å². The van der Waals surface area contributed by atoms with Crippen LogP contribution in [-0.4, -0.2) is 18.5 Å². The van der Waals surface area contributed by atoms with Crippen LogP contribution >= 0.6 is 0 Å². The van der Waals surface area contributed by atoms with Crippen molar-refractivity contribution in [1.82, 2.24) is 0 Å². The Hall–Kier alpha value is -0.210. The Morgan fingerprint density at radius 3 is 1.86 bits per heavy atom. The van der Waals surface area contributed by atoms with E-state index in [0.29, 0.717) is 5.92 Å². The molecule has 0 aromatic heterocycles. The minimum absolute atomic E-state index is 0.0753. The molecule has 6 atom stereocenters. The first-order valence-electron chi connectivity index (χ1n) is 9.50. The van der Waals surface area contributed by atoms with E-state index in [1.165, 1.54) is 38.5 Å². The Balaban J connectivity index is 1.54. The third-order valence-corrected chi connectivity index (χ3v) is 6.87. The van der Waals surface area contributed by atoms with E-state index in [4.69, 9.17) is 0 Å². The molecule has 3 heteroatoms. The molecule has 3 saturated carbocycles. The molecule has 3 rings (SSSR count). The lowest BCUT2D eigenvalue weighted by atomic mass is 9.61. The molecule has 0 nitrogen and oxygen atoms in total. The summed E-state index contributed by atoms with van der Waals surface area (Å²) in [6.45, 7) is 2.27. The van der Waals surface area contributed by atoms with E-state index in [1.807, 2.05) is 0 Å². The quantitative estimate of drug-likeness (QED) is 0.595. The van der Waals surface area contributed by atoms with Crippen LogP contribution in [0.15, 0.2) is 0 Å². The molecule has 22 heavy (non-hydrogen) atoms. The number of hydrogen-bond donors (Lipinski definition) is 0. The van der Waals surface area contributed by atoms with Crippen molar-refractivity contribution in [2.45, 2.75) is 89.6 Å². The van der Waals surface area contributed by atoms with Gasteiger partial charge in [-0.15, -0.1) is 0 Å². The van der Waals surface area contributed by atoms with E-state index >= 15 is 0 Å². The smallest absolute Gasteiger partial charge is 0.162 e. The Morgan fingerprint density at radius 1 is 0.682 bits per heavy atom. The van der Waals surface area contributed by atoms with Crippen molar-refractivity contribution in [3.63, 3.8) is 0 Å². The zero-order chi connectivity index (χ0) is 15.7. The second-order valence-corrected chi connectivity index (χ2v) is 8.27. The van der Waals surface area contributed by atoms with Gasteiger partial charge in [0.1, 0.15) is 12.3 Å². The summed E-state index contributed by atoms with van der Waals surface area (Å²) in [7, 11) is 0. The molecule has 128 valence electrons. The van der Waals surface area contributed by atoms with Gasteiger partial charge in [-0.3, -0.25) is 0 Å². The summed E-state index contributed by atoms with van der Waals surface area (Å²) in [5.74, 6) is 3.04. The van der Waals surface area contributed by atoms with E-state index in [9.17, 15) is 13.2 Å². The maximum atomic E-state index is 13.7. The lowest BCUT2D eigenvalue weighted by Gasteiger charge is -2.45. The molecule has 0 radical (unpaired) electrons. The van der Waals surface area contributed by atoms with E-state index in [-0.39, 0.29) is 18.8 Å². The standard InChI is InChI=1S/C19H31F3/c1-2-3-12-4-5-14-9-15(7-6-13(14)8-12)16-10-17(20)19(22)18(21)11-16/h12-19H,2-11H2,1H3. The Morgan fingerprint density at radius 2 is 1.23 bits per heavy atom. The summed E-state index contributed by atoms with van der Waals surface area (Å²) in [4.78, 5) is 0. The molecule has 0 aromatic carbocycles. The highest BCUT2D eigenvalue weighted by Gasteiger charge is 2.44. The first-order chi connectivity index (χ1) is 10.6. The SMILES string of the molecule is CCCC1CCC2CC(C3CC(F)C(F)C(F)C3)CCC2C1. The lowest BCUT2D eigenvalue weighted by Crippen LogP contribution is -2.41. The Bertz CT molecular complexity index is 347. The minimum atomic E-state index is -1.88. The van der Waals surface area contributed by atoms with Crippen molar-refractivity contribution < 1.29 is 13.2 Å². The molecule has 0 amide bonds. The van der Waals surface area contributed by atoms with Crippen LogP contribution in [0.5, 0.6) is 0 Å². The molecule has 0 spiro atoms. The van der Waals surface area contributed by atoms with Crippen molar-refractivity contribution in [3.05, 3.63) is 0 Å². The molecular formula is C19H31F3. The molecule has 6 unspecified atom stereocenters. The zero-order valence-corrected chi connectivity index (χ0v) is 13.8. The molecule has 0 saturated heterocycles. The van der Waals surface area contributed by atoms with Crippen molar-refractivity contribution in [3.8, 4) is 0 Å². The zero-order valence-electron chi connectivity index (χ0n) is 13.8. The fraction of sp³-hybridized carbons (Fsp3) is 1.00. The van der Waals surface area contributed by atoms with Crippen LogP contribution in [-0.2, 0) is 0 Å². The normalized spacial score (nSPS) is 49.6. The maximum absolute atomic E-state index is 13.7. The summed E-state index contributed by atoms with van der Waals surface area (Å²) in [5.41, 5.74) is 0. The van der Waals surface area contributed by atoms with Crippen LogP contribution in [0.2, 0.25) is 0 Å². The topological polar surface area (TPSA) is 0 Å². The number of fused-ring (bicyclic) bond motifs is 1. The van der Waals surface area contributed by atoms with Gasteiger partial charge in [-0.25, -0.2) is 13.2 Å². The van der Waals surface area contributed by atoms with Gasteiger partial charge in [0, 0.05) is 0 Å².